The van der Waals surface area contributed by atoms with E-state index in [1.807, 2.05) is 25.4 Å². The van der Waals surface area contributed by atoms with Gasteiger partial charge < -0.3 is 14.8 Å². The maximum absolute atomic E-state index is 5.74. The molecule has 3 aromatic rings. The van der Waals surface area contributed by atoms with Crippen molar-refractivity contribution in [3.8, 4) is 0 Å². The van der Waals surface area contributed by atoms with E-state index >= 15 is 0 Å². The monoisotopic (exact) mass is 362 g/mol. The van der Waals surface area contributed by atoms with Crippen LogP contribution in [0.15, 0.2) is 61.1 Å². The Labute approximate surface area is 159 Å². The number of anilines is 1. The Morgan fingerprint density at radius 1 is 1.08 bits per heavy atom. The fourth-order valence-corrected chi connectivity index (χ4v) is 3.89. The van der Waals surface area contributed by atoms with Crippen molar-refractivity contribution >= 4 is 23.0 Å². The largest absolute Gasteiger partial charge is 0.357 e. The van der Waals surface area contributed by atoms with Crippen molar-refractivity contribution in [2.45, 2.75) is 25.9 Å². The lowest BCUT2D eigenvalue weighted by molar-refractivity contribution is 0.567. The second-order valence-corrected chi connectivity index (χ2v) is 7.26. The number of aryl methyl sites for hydroxylation is 3. The Balaban J connectivity index is 1.83. The number of pyridine rings is 1. The van der Waals surface area contributed by atoms with E-state index in [1.54, 1.807) is 0 Å². The van der Waals surface area contributed by atoms with Gasteiger partial charge in [-0.2, -0.15) is 0 Å². The lowest BCUT2D eigenvalue weighted by Gasteiger charge is -2.27. The summed E-state index contributed by atoms with van der Waals surface area (Å²) in [7, 11) is 2.04. The summed E-state index contributed by atoms with van der Waals surface area (Å²) in [5.41, 5.74) is 5.87. The SMILES string of the molecule is Cc1ccc(N2C(=S)N[C@@H](c3ccccn3)[C@H]2c2ccn(C)c2)cc1C. The molecule has 0 bridgehead atoms. The van der Waals surface area contributed by atoms with E-state index in [-0.39, 0.29) is 12.1 Å². The van der Waals surface area contributed by atoms with Crippen LogP contribution in [0.25, 0.3) is 0 Å². The molecule has 4 rings (SSSR count). The number of nitrogens with zero attached hydrogens (tertiary/aromatic N) is 3. The van der Waals surface area contributed by atoms with Crippen LogP contribution in [0.1, 0.15) is 34.5 Å². The molecule has 2 aromatic heterocycles. The first-order valence-electron chi connectivity index (χ1n) is 8.74. The number of hydrogen-bond acceptors (Lipinski definition) is 2. The van der Waals surface area contributed by atoms with Crippen molar-refractivity contribution in [2.24, 2.45) is 7.05 Å². The molecular formula is C21H22N4S. The Morgan fingerprint density at radius 3 is 2.58 bits per heavy atom. The molecule has 26 heavy (non-hydrogen) atoms. The van der Waals surface area contributed by atoms with Crippen LogP contribution in [0.5, 0.6) is 0 Å². The average Bonchev–Trinajstić information content (AvgIpc) is 3.21. The number of aromatic nitrogens is 2. The van der Waals surface area contributed by atoms with E-state index in [9.17, 15) is 0 Å². The van der Waals surface area contributed by atoms with Crippen molar-refractivity contribution in [3.05, 3.63) is 83.4 Å². The summed E-state index contributed by atoms with van der Waals surface area (Å²) in [5, 5.41) is 4.23. The highest BCUT2D eigenvalue weighted by atomic mass is 32.1. The fraction of sp³-hybridized carbons (Fsp3) is 0.238. The Bertz CT molecular complexity index is 948. The van der Waals surface area contributed by atoms with Gasteiger partial charge in [0.05, 0.1) is 17.8 Å². The lowest BCUT2D eigenvalue weighted by Crippen LogP contribution is -2.29. The molecule has 5 heteroatoms. The summed E-state index contributed by atoms with van der Waals surface area (Å²) in [5.74, 6) is 0. The normalized spacial score (nSPS) is 19.7. The minimum Gasteiger partial charge on any atom is -0.357 e. The van der Waals surface area contributed by atoms with Gasteiger partial charge in [-0.1, -0.05) is 12.1 Å². The Hall–Kier alpha value is -2.66. The van der Waals surface area contributed by atoms with Gasteiger partial charge in [0, 0.05) is 31.3 Å². The topological polar surface area (TPSA) is 33.1 Å². The summed E-state index contributed by atoms with van der Waals surface area (Å²) in [6, 6.07) is 14.7. The van der Waals surface area contributed by atoms with Gasteiger partial charge in [0.1, 0.15) is 0 Å². The van der Waals surface area contributed by atoms with E-state index < -0.39 is 0 Å². The highest BCUT2D eigenvalue weighted by molar-refractivity contribution is 7.80. The van der Waals surface area contributed by atoms with Gasteiger partial charge in [0.2, 0.25) is 0 Å². The first-order chi connectivity index (χ1) is 12.5. The summed E-state index contributed by atoms with van der Waals surface area (Å²) in [6.07, 6.45) is 6.07. The van der Waals surface area contributed by atoms with Crippen molar-refractivity contribution in [2.75, 3.05) is 4.90 Å². The molecule has 0 spiro atoms. The summed E-state index contributed by atoms with van der Waals surface area (Å²) < 4.78 is 2.07. The summed E-state index contributed by atoms with van der Waals surface area (Å²) in [6.45, 7) is 4.27. The molecular weight excluding hydrogens is 340 g/mol. The van der Waals surface area contributed by atoms with E-state index in [2.05, 4.69) is 76.3 Å². The highest BCUT2D eigenvalue weighted by Crippen LogP contribution is 2.41. The third kappa shape index (κ3) is 2.88. The summed E-state index contributed by atoms with van der Waals surface area (Å²) in [4.78, 5) is 6.80. The van der Waals surface area contributed by atoms with Gasteiger partial charge in [-0.15, -0.1) is 0 Å². The van der Waals surface area contributed by atoms with Crippen molar-refractivity contribution in [3.63, 3.8) is 0 Å². The lowest BCUT2D eigenvalue weighted by atomic mass is 9.98. The number of thiocarbonyl (C=S) groups is 1. The van der Waals surface area contributed by atoms with Gasteiger partial charge in [-0.3, -0.25) is 4.98 Å². The molecule has 4 nitrogen and oxygen atoms in total. The van der Waals surface area contributed by atoms with Crippen LogP contribution in [0.3, 0.4) is 0 Å². The summed E-state index contributed by atoms with van der Waals surface area (Å²) >= 11 is 5.74. The fourth-order valence-electron chi connectivity index (χ4n) is 3.55. The predicted octanol–water partition coefficient (Wildman–Crippen LogP) is 4.21. The molecule has 0 saturated carbocycles. The molecule has 1 aliphatic rings. The molecule has 2 atom stereocenters. The Kier molecular flexibility index (Phi) is 4.24. The zero-order chi connectivity index (χ0) is 18.3. The van der Waals surface area contributed by atoms with Crippen LogP contribution in [0.4, 0.5) is 5.69 Å². The minimum absolute atomic E-state index is 0.00714. The van der Waals surface area contributed by atoms with Gasteiger partial charge in [-0.05, 0) is 73.1 Å². The van der Waals surface area contributed by atoms with Crippen LogP contribution in [-0.2, 0) is 7.05 Å². The third-order valence-electron chi connectivity index (χ3n) is 5.06. The molecule has 1 aromatic carbocycles. The molecule has 0 radical (unpaired) electrons. The zero-order valence-corrected chi connectivity index (χ0v) is 16.0. The number of hydrogen-bond donors (Lipinski definition) is 1. The van der Waals surface area contributed by atoms with E-state index in [0.717, 1.165) is 16.5 Å². The molecule has 132 valence electrons. The average molecular weight is 363 g/mol. The minimum atomic E-state index is 0.00714. The molecule has 0 unspecified atom stereocenters. The highest BCUT2D eigenvalue weighted by Gasteiger charge is 2.40. The number of benzene rings is 1. The van der Waals surface area contributed by atoms with E-state index in [0.29, 0.717) is 0 Å². The second kappa shape index (κ2) is 6.57. The maximum atomic E-state index is 5.74. The first kappa shape index (κ1) is 16.8. The standard InChI is InChI=1S/C21H22N4S/c1-14-7-8-17(12-15(14)2)25-20(16-9-11-24(3)13-16)19(23-21(25)26)18-6-4-5-10-22-18/h4-13,19-20H,1-3H3,(H,23,26)/t19-,20+/m0/s1. The molecule has 1 aliphatic heterocycles. The molecule has 1 N–H and O–H groups in total. The van der Waals surface area contributed by atoms with Gasteiger partial charge in [0.25, 0.3) is 0 Å². The third-order valence-corrected chi connectivity index (χ3v) is 5.38. The predicted molar refractivity (Wildman–Crippen MR) is 109 cm³/mol. The van der Waals surface area contributed by atoms with Crippen LogP contribution < -0.4 is 10.2 Å². The molecule has 1 saturated heterocycles. The van der Waals surface area contributed by atoms with Gasteiger partial charge in [0.15, 0.2) is 5.11 Å². The number of nitrogens with one attached hydrogen (secondary N) is 1. The van der Waals surface area contributed by atoms with Crippen LogP contribution in [-0.4, -0.2) is 14.7 Å². The van der Waals surface area contributed by atoms with Crippen LogP contribution >= 0.6 is 12.2 Å². The number of rotatable bonds is 3. The first-order valence-corrected chi connectivity index (χ1v) is 9.15. The van der Waals surface area contributed by atoms with Crippen LogP contribution in [0.2, 0.25) is 0 Å². The zero-order valence-electron chi connectivity index (χ0n) is 15.2. The Morgan fingerprint density at radius 2 is 1.92 bits per heavy atom. The van der Waals surface area contributed by atoms with Crippen molar-refractivity contribution in [1.29, 1.82) is 0 Å². The maximum Gasteiger partial charge on any atom is 0.174 e. The quantitative estimate of drug-likeness (QED) is 0.708. The van der Waals surface area contributed by atoms with E-state index in [1.165, 1.54) is 16.7 Å². The smallest absolute Gasteiger partial charge is 0.174 e. The van der Waals surface area contributed by atoms with Gasteiger partial charge in [-0.25, -0.2) is 0 Å². The van der Waals surface area contributed by atoms with Crippen LogP contribution in [0, 0.1) is 13.8 Å². The molecule has 3 heterocycles. The van der Waals surface area contributed by atoms with Crippen molar-refractivity contribution < 1.29 is 0 Å². The second-order valence-electron chi connectivity index (χ2n) is 6.88. The molecule has 0 amide bonds. The van der Waals surface area contributed by atoms with Gasteiger partial charge >= 0.3 is 0 Å². The van der Waals surface area contributed by atoms with E-state index in [4.69, 9.17) is 12.2 Å². The molecule has 1 fully saturated rings. The van der Waals surface area contributed by atoms with Crippen molar-refractivity contribution in [1.82, 2.24) is 14.9 Å². The molecule has 0 aliphatic carbocycles.